The maximum absolute atomic E-state index is 12.4. The standard InChI is InChI=1S/C26H22N4O3S/c31-24(20-10-13-21(14-11-20)33-17-16-18-6-2-1-3-7-18)28-26(34)30-29-25(32)23-15-12-19-8-4-5-9-22(19)27-23/h1-15H,16-17H2,(H,29,32)(H2,28,30,31,34). The van der Waals surface area contributed by atoms with E-state index in [-0.39, 0.29) is 10.8 Å². The molecule has 0 atom stereocenters. The molecule has 3 N–H and O–H groups in total. The van der Waals surface area contributed by atoms with E-state index in [9.17, 15) is 9.59 Å². The lowest BCUT2D eigenvalue weighted by molar-refractivity contribution is 0.0930. The first-order valence-electron chi connectivity index (χ1n) is 10.6. The number of amides is 2. The van der Waals surface area contributed by atoms with Crippen molar-refractivity contribution in [3.63, 3.8) is 0 Å². The Labute approximate surface area is 202 Å². The Morgan fingerprint density at radius 2 is 1.53 bits per heavy atom. The van der Waals surface area contributed by atoms with Crippen molar-refractivity contribution in [2.75, 3.05) is 6.61 Å². The fraction of sp³-hybridized carbons (Fsp3) is 0.0769. The summed E-state index contributed by atoms with van der Waals surface area (Å²) in [6.07, 6.45) is 0.795. The molecule has 8 heteroatoms. The first kappa shape index (κ1) is 22.9. The van der Waals surface area contributed by atoms with Crippen molar-refractivity contribution < 1.29 is 14.3 Å². The maximum Gasteiger partial charge on any atom is 0.288 e. The maximum atomic E-state index is 12.4. The largest absolute Gasteiger partial charge is 0.493 e. The lowest BCUT2D eigenvalue weighted by Crippen LogP contribution is -2.48. The van der Waals surface area contributed by atoms with Gasteiger partial charge < -0.3 is 4.74 Å². The van der Waals surface area contributed by atoms with E-state index in [0.29, 0.717) is 23.4 Å². The molecule has 3 aromatic carbocycles. The number of rotatable bonds is 6. The number of nitrogens with one attached hydrogen (secondary N) is 3. The molecule has 2 amide bonds. The Bertz CT molecular complexity index is 1310. The molecular formula is C26H22N4O3S. The van der Waals surface area contributed by atoms with Gasteiger partial charge in [0.25, 0.3) is 11.8 Å². The summed E-state index contributed by atoms with van der Waals surface area (Å²) in [5.74, 6) is -0.214. The number of carbonyl (C=O) groups is 2. The summed E-state index contributed by atoms with van der Waals surface area (Å²) >= 11 is 5.10. The lowest BCUT2D eigenvalue weighted by atomic mass is 10.2. The second-order valence-corrected chi connectivity index (χ2v) is 7.77. The van der Waals surface area contributed by atoms with Gasteiger partial charge in [-0.25, -0.2) is 4.98 Å². The quantitative estimate of drug-likeness (QED) is 0.293. The van der Waals surface area contributed by atoms with Gasteiger partial charge in [0.05, 0.1) is 12.1 Å². The minimum absolute atomic E-state index is 0.0395. The van der Waals surface area contributed by atoms with Crippen LogP contribution in [-0.4, -0.2) is 28.5 Å². The van der Waals surface area contributed by atoms with Crippen molar-refractivity contribution in [3.05, 3.63) is 108 Å². The minimum Gasteiger partial charge on any atom is -0.493 e. The number of carbonyl (C=O) groups excluding carboxylic acids is 2. The number of para-hydroxylation sites is 1. The van der Waals surface area contributed by atoms with Crippen molar-refractivity contribution in [2.45, 2.75) is 6.42 Å². The monoisotopic (exact) mass is 470 g/mol. The molecule has 4 rings (SSSR count). The number of aromatic nitrogens is 1. The Balaban J connectivity index is 1.23. The highest BCUT2D eigenvalue weighted by molar-refractivity contribution is 7.80. The van der Waals surface area contributed by atoms with Crippen LogP contribution >= 0.6 is 12.2 Å². The number of nitrogens with zero attached hydrogens (tertiary/aromatic N) is 1. The average Bonchev–Trinajstić information content (AvgIpc) is 2.88. The molecule has 0 fully saturated rings. The molecule has 0 aliphatic heterocycles. The van der Waals surface area contributed by atoms with Crippen molar-refractivity contribution >= 4 is 40.0 Å². The highest BCUT2D eigenvalue weighted by Crippen LogP contribution is 2.13. The number of benzene rings is 3. The summed E-state index contributed by atoms with van der Waals surface area (Å²) in [6.45, 7) is 0.537. The van der Waals surface area contributed by atoms with Crippen LogP contribution in [0.3, 0.4) is 0 Å². The van der Waals surface area contributed by atoms with Gasteiger partial charge in [-0.05, 0) is 54.2 Å². The second kappa shape index (κ2) is 11.0. The van der Waals surface area contributed by atoms with Crippen molar-refractivity contribution in [3.8, 4) is 5.75 Å². The van der Waals surface area contributed by atoms with Crippen LogP contribution in [0.2, 0.25) is 0 Å². The van der Waals surface area contributed by atoms with Crippen molar-refractivity contribution in [1.29, 1.82) is 0 Å². The summed E-state index contributed by atoms with van der Waals surface area (Å²) in [6, 6.07) is 27.7. The number of pyridine rings is 1. The van der Waals surface area contributed by atoms with E-state index in [1.165, 1.54) is 5.56 Å². The fourth-order valence-corrected chi connectivity index (χ4v) is 3.35. The number of hydrogen-bond donors (Lipinski definition) is 3. The first-order valence-corrected chi connectivity index (χ1v) is 11.0. The highest BCUT2D eigenvalue weighted by Gasteiger charge is 2.11. The molecule has 1 aromatic heterocycles. The zero-order valence-corrected chi connectivity index (χ0v) is 19.0. The Hall–Kier alpha value is -4.30. The summed E-state index contributed by atoms with van der Waals surface area (Å²) in [5.41, 5.74) is 7.49. The van der Waals surface area contributed by atoms with Crippen LogP contribution in [0.1, 0.15) is 26.4 Å². The van der Waals surface area contributed by atoms with Crippen LogP contribution in [0.15, 0.2) is 91.0 Å². The molecule has 7 nitrogen and oxygen atoms in total. The second-order valence-electron chi connectivity index (χ2n) is 7.36. The summed E-state index contributed by atoms with van der Waals surface area (Å²) in [4.78, 5) is 29.1. The van der Waals surface area contributed by atoms with E-state index in [1.807, 2.05) is 48.5 Å². The summed E-state index contributed by atoms with van der Waals surface area (Å²) in [7, 11) is 0. The molecule has 1 heterocycles. The third-order valence-electron chi connectivity index (χ3n) is 4.97. The van der Waals surface area contributed by atoms with Gasteiger partial charge >= 0.3 is 0 Å². The van der Waals surface area contributed by atoms with Crippen LogP contribution in [-0.2, 0) is 6.42 Å². The van der Waals surface area contributed by atoms with E-state index in [4.69, 9.17) is 17.0 Å². The smallest absolute Gasteiger partial charge is 0.288 e. The fourth-order valence-electron chi connectivity index (χ4n) is 3.21. The lowest BCUT2D eigenvalue weighted by Gasteiger charge is -2.11. The zero-order valence-electron chi connectivity index (χ0n) is 18.2. The normalized spacial score (nSPS) is 10.4. The Morgan fingerprint density at radius 1 is 0.794 bits per heavy atom. The zero-order chi connectivity index (χ0) is 23.8. The van der Waals surface area contributed by atoms with E-state index in [2.05, 4.69) is 33.3 Å². The van der Waals surface area contributed by atoms with E-state index in [0.717, 1.165) is 11.8 Å². The summed E-state index contributed by atoms with van der Waals surface area (Å²) < 4.78 is 5.74. The molecule has 0 bridgehead atoms. The Kier molecular flexibility index (Phi) is 7.42. The molecule has 0 spiro atoms. The number of hydrogen-bond acceptors (Lipinski definition) is 5. The third-order valence-corrected chi connectivity index (χ3v) is 5.17. The van der Waals surface area contributed by atoms with Gasteiger partial charge in [0.15, 0.2) is 5.11 Å². The molecule has 0 unspecified atom stereocenters. The number of hydrazine groups is 1. The molecule has 170 valence electrons. The molecule has 0 aliphatic rings. The minimum atomic E-state index is -0.473. The third kappa shape index (κ3) is 6.14. The molecule has 0 saturated heterocycles. The van der Waals surface area contributed by atoms with Gasteiger partial charge in [0.2, 0.25) is 0 Å². The predicted molar refractivity (Wildman–Crippen MR) is 134 cm³/mol. The first-order chi connectivity index (χ1) is 16.6. The molecular weight excluding hydrogens is 448 g/mol. The molecule has 34 heavy (non-hydrogen) atoms. The number of fused-ring (bicyclic) bond motifs is 1. The molecule has 0 radical (unpaired) electrons. The molecule has 0 aliphatic carbocycles. The van der Waals surface area contributed by atoms with Crippen LogP contribution in [0.4, 0.5) is 0 Å². The molecule has 0 saturated carbocycles. The SMILES string of the molecule is O=C(NC(=S)NNC(=O)c1ccc2ccccc2n1)c1ccc(OCCc2ccccc2)cc1. The van der Waals surface area contributed by atoms with Gasteiger partial charge in [-0.3, -0.25) is 25.8 Å². The topological polar surface area (TPSA) is 92.4 Å². The van der Waals surface area contributed by atoms with Crippen molar-refractivity contribution in [2.24, 2.45) is 0 Å². The van der Waals surface area contributed by atoms with E-state index < -0.39 is 11.8 Å². The average molecular weight is 471 g/mol. The van der Waals surface area contributed by atoms with Crippen LogP contribution < -0.4 is 20.9 Å². The Morgan fingerprint density at radius 3 is 2.32 bits per heavy atom. The number of ether oxygens (including phenoxy) is 1. The molecule has 4 aromatic rings. The van der Waals surface area contributed by atoms with Gasteiger partial charge in [-0.1, -0.05) is 54.6 Å². The van der Waals surface area contributed by atoms with E-state index >= 15 is 0 Å². The van der Waals surface area contributed by atoms with Gasteiger partial charge in [-0.2, -0.15) is 0 Å². The van der Waals surface area contributed by atoms with Gasteiger partial charge in [-0.15, -0.1) is 0 Å². The van der Waals surface area contributed by atoms with Gasteiger partial charge in [0.1, 0.15) is 11.4 Å². The van der Waals surface area contributed by atoms with E-state index in [1.54, 1.807) is 30.3 Å². The van der Waals surface area contributed by atoms with Crippen molar-refractivity contribution in [1.82, 2.24) is 21.2 Å². The van der Waals surface area contributed by atoms with Crippen LogP contribution in [0.25, 0.3) is 10.9 Å². The van der Waals surface area contributed by atoms with Crippen LogP contribution in [0.5, 0.6) is 5.75 Å². The number of thiocarbonyl (C=S) groups is 1. The predicted octanol–water partition coefficient (Wildman–Crippen LogP) is 3.81. The van der Waals surface area contributed by atoms with Crippen LogP contribution in [0, 0.1) is 0 Å². The van der Waals surface area contributed by atoms with Gasteiger partial charge in [0, 0.05) is 17.4 Å². The highest BCUT2D eigenvalue weighted by atomic mass is 32.1. The summed E-state index contributed by atoms with van der Waals surface area (Å²) in [5, 5.41) is 3.42.